The first-order valence-electron chi connectivity index (χ1n) is 9.05. The highest BCUT2D eigenvalue weighted by Gasteiger charge is 2.42. The van der Waals surface area contributed by atoms with Gasteiger partial charge in [0.05, 0.1) is 5.41 Å². The fraction of sp³-hybridized carbons (Fsp3) is 0.429. The minimum absolute atomic E-state index is 0.288. The van der Waals surface area contributed by atoms with E-state index in [-0.39, 0.29) is 5.91 Å². The summed E-state index contributed by atoms with van der Waals surface area (Å²) in [5.74, 6) is -0.288. The van der Waals surface area contributed by atoms with Gasteiger partial charge < -0.3 is 10.1 Å². The van der Waals surface area contributed by atoms with Crippen molar-refractivity contribution in [1.82, 2.24) is 10.6 Å². The zero-order valence-corrected chi connectivity index (χ0v) is 15.6. The van der Waals surface area contributed by atoms with Crippen molar-refractivity contribution in [2.75, 3.05) is 13.1 Å². The lowest BCUT2D eigenvalue weighted by atomic mass is 9.72. The van der Waals surface area contributed by atoms with Crippen molar-refractivity contribution >= 4 is 22.8 Å². The molecule has 3 rings (SSSR count). The molecule has 2 aromatic carbocycles. The molecule has 0 unspecified atom stereocenters. The number of rotatable bonds is 2. The van der Waals surface area contributed by atoms with E-state index in [1.54, 1.807) is 20.8 Å². The average Bonchev–Trinajstić information content (AvgIpc) is 2.60. The summed E-state index contributed by atoms with van der Waals surface area (Å²) >= 11 is 0. The number of alkyl carbamates (subject to hydrolysis) is 1. The van der Waals surface area contributed by atoms with Gasteiger partial charge in [0, 0.05) is 0 Å². The minimum atomic E-state index is -0.730. The molecular weight excluding hydrogens is 328 g/mol. The fourth-order valence-electron chi connectivity index (χ4n) is 3.50. The maximum absolute atomic E-state index is 13.1. The molecule has 2 aromatic rings. The maximum atomic E-state index is 13.1. The molecule has 0 atom stereocenters. The fourth-order valence-corrected chi connectivity index (χ4v) is 3.50. The normalized spacial score (nSPS) is 16.9. The third-order valence-electron chi connectivity index (χ3n) is 4.81. The van der Waals surface area contributed by atoms with Gasteiger partial charge in [-0.05, 0) is 63.0 Å². The summed E-state index contributed by atoms with van der Waals surface area (Å²) < 4.78 is 5.26. The average molecular weight is 354 g/mol. The van der Waals surface area contributed by atoms with Crippen molar-refractivity contribution in [1.29, 1.82) is 0 Å². The van der Waals surface area contributed by atoms with E-state index in [9.17, 15) is 9.59 Å². The molecule has 0 spiro atoms. The molecular formula is C21H26N2O3. The van der Waals surface area contributed by atoms with E-state index in [1.165, 1.54) is 0 Å². The molecule has 1 aliphatic rings. The molecule has 0 saturated carbocycles. The molecule has 0 aromatic heterocycles. The highest BCUT2D eigenvalue weighted by Crippen LogP contribution is 2.35. The number of piperidine rings is 1. The largest absolute Gasteiger partial charge is 0.444 e. The van der Waals surface area contributed by atoms with Crippen molar-refractivity contribution in [2.24, 2.45) is 0 Å². The van der Waals surface area contributed by atoms with Gasteiger partial charge in [-0.25, -0.2) is 4.79 Å². The second-order valence-corrected chi connectivity index (χ2v) is 7.85. The summed E-state index contributed by atoms with van der Waals surface area (Å²) in [6.07, 6.45) is 0.584. The third-order valence-corrected chi connectivity index (χ3v) is 4.81. The van der Waals surface area contributed by atoms with Crippen LogP contribution < -0.4 is 10.6 Å². The van der Waals surface area contributed by atoms with Crippen LogP contribution in [0, 0.1) is 0 Å². The number of ether oxygens (including phenoxy) is 1. The Labute approximate surface area is 154 Å². The molecule has 0 aliphatic carbocycles. The van der Waals surface area contributed by atoms with Crippen LogP contribution in [0.5, 0.6) is 0 Å². The van der Waals surface area contributed by atoms with Crippen LogP contribution >= 0.6 is 0 Å². The predicted molar refractivity (Wildman–Crippen MR) is 102 cm³/mol. The van der Waals surface area contributed by atoms with Crippen LogP contribution in [0.4, 0.5) is 4.79 Å². The lowest BCUT2D eigenvalue weighted by molar-refractivity contribution is -0.127. The molecule has 0 bridgehead atoms. The number of fused-ring (bicyclic) bond motifs is 1. The van der Waals surface area contributed by atoms with Crippen LogP contribution in [0.15, 0.2) is 42.5 Å². The highest BCUT2D eigenvalue weighted by molar-refractivity contribution is 5.99. The Morgan fingerprint density at radius 1 is 1.04 bits per heavy atom. The topological polar surface area (TPSA) is 67.4 Å². The second kappa shape index (κ2) is 7.08. The number of hydrogen-bond donors (Lipinski definition) is 2. The number of carbonyl (C=O) groups excluding carboxylic acids is 2. The van der Waals surface area contributed by atoms with E-state index in [0.717, 1.165) is 29.4 Å². The lowest BCUT2D eigenvalue weighted by Gasteiger charge is -2.36. The van der Waals surface area contributed by atoms with Crippen molar-refractivity contribution in [2.45, 2.75) is 44.6 Å². The number of carbonyl (C=O) groups is 2. The third kappa shape index (κ3) is 3.88. The van der Waals surface area contributed by atoms with Gasteiger partial charge >= 0.3 is 6.09 Å². The first-order chi connectivity index (χ1) is 12.3. The van der Waals surface area contributed by atoms with Gasteiger partial charge in [-0.3, -0.25) is 10.1 Å². The molecule has 1 heterocycles. The molecule has 1 fully saturated rings. The molecule has 2 N–H and O–H groups in total. The SMILES string of the molecule is CC(C)(C)OC(=O)NC(=O)C1(c2ccc3ccccc3c2)CCNCC1. The zero-order valence-electron chi connectivity index (χ0n) is 15.6. The number of hydrogen-bond acceptors (Lipinski definition) is 4. The Bertz CT molecular complexity index is 817. The molecule has 26 heavy (non-hydrogen) atoms. The summed E-state index contributed by atoms with van der Waals surface area (Å²) in [5, 5.41) is 7.99. The van der Waals surface area contributed by atoms with Gasteiger partial charge in [0.25, 0.3) is 0 Å². The van der Waals surface area contributed by atoms with Crippen molar-refractivity contribution < 1.29 is 14.3 Å². The van der Waals surface area contributed by atoms with Crippen LogP contribution in [-0.2, 0) is 14.9 Å². The van der Waals surface area contributed by atoms with E-state index in [4.69, 9.17) is 4.74 Å². The van der Waals surface area contributed by atoms with Gasteiger partial charge in [-0.15, -0.1) is 0 Å². The number of amides is 2. The standard InChI is InChI=1S/C21H26N2O3/c1-20(2,3)26-19(25)23-18(24)21(10-12-22-13-11-21)17-9-8-15-6-4-5-7-16(15)14-17/h4-9,14,22H,10-13H2,1-3H3,(H,23,24,25). The second-order valence-electron chi connectivity index (χ2n) is 7.85. The maximum Gasteiger partial charge on any atom is 0.414 e. The van der Waals surface area contributed by atoms with Crippen LogP contribution in [0.1, 0.15) is 39.2 Å². The molecule has 2 amide bonds. The number of benzene rings is 2. The van der Waals surface area contributed by atoms with Crippen LogP contribution in [-0.4, -0.2) is 30.7 Å². The molecule has 1 aliphatic heterocycles. The summed E-state index contributed by atoms with van der Waals surface area (Å²) in [4.78, 5) is 25.2. The smallest absolute Gasteiger partial charge is 0.414 e. The Kier molecular flexibility index (Phi) is 5.01. The van der Waals surface area contributed by atoms with Crippen LogP contribution in [0.3, 0.4) is 0 Å². The summed E-state index contributed by atoms with van der Waals surface area (Å²) in [7, 11) is 0. The first-order valence-corrected chi connectivity index (χ1v) is 9.05. The Morgan fingerprint density at radius 3 is 2.35 bits per heavy atom. The van der Waals surface area contributed by atoms with E-state index < -0.39 is 17.1 Å². The van der Waals surface area contributed by atoms with Gasteiger partial charge in [0.1, 0.15) is 5.60 Å². The Hall–Kier alpha value is -2.40. The highest BCUT2D eigenvalue weighted by atomic mass is 16.6. The van der Waals surface area contributed by atoms with Crippen LogP contribution in [0.25, 0.3) is 10.8 Å². The van der Waals surface area contributed by atoms with Crippen molar-refractivity contribution in [3.63, 3.8) is 0 Å². The lowest BCUT2D eigenvalue weighted by Crippen LogP contribution is -2.52. The van der Waals surface area contributed by atoms with Gasteiger partial charge in [0.15, 0.2) is 0 Å². The summed E-state index contributed by atoms with van der Waals surface area (Å²) in [5.41, 5.74) is -0.431. The monoisotopic (exact) mass is 354 g/mol. The van der Waals surface area contributed by atoms with E-state index in [1.807, 2.05) is 30.3 Å². The summed E-state index contributed by atoms with van der Waals surface area (Å²) in [6.45, 7) is 6.80. The quantitative estimate of drug-likeness (QED) is 0.866. The van der Waals surface area contributed by atoms with E-state index in [2.05, 4.69) is 22.8 Å². The van der Waals surface area contributed by atoms with Crippen LogP contribution in [0.2, 0.25) is 0 Å². The zero-order chi connectivity index (χ0) is 18.8. The first kappa shape index (κ1) is 18.4. The predicted octanol–water partition coefficient (Wildman–Crippen LogP) is 3.51. The van der Waals surface area contributed by atoms with Gasteiger partial charge in [-0.2, -0.15) is 0 Å². The van der Waals surface area contributed by atoms with E-state index in [0.29, 0.717) is 12.8 Å². The number of nitrogens with one attached hydrogen (secondary N) is 2. The van der Waals surface area contributed by atoms with Crippen molar-refractivity contribution in [3.05, 3.63) is 48.0 Å². The molecule has 5 heteroatoms. The Morgan fingerprint density at radius 2 is 1.69 bits per heavy atom. The molecule has 0 radical (unpaired) electrons. The molecule has 1 saturated heterocycles. The van der Waals surface area contributed by atoms with Crippen molar-refractivity contribution in [3.8, 4) is 0 Å². The molecule has 5 nitrogen and oxygen atoms in total. The minimum Gasteiger partial charge on any atom is -0.444 e. The van der Waals surface area contributed by atoms with Gasteiger partial charge in [0.2, 0.25) is 5.91 Å². The van der Waals surface area contributed by atoms with Gasteiger partial charge in [-0.1, -0.05) is 42.5 Å². The van der Waals surface area contributed by atoms with E-state index >= 15 is 0 Å². The Balaban J connectivity index is 1.92. The molecule has 138 valence electrons. The number of imide groups is 1. The summed E-state index contributed by atoms with van der Waals surface area (Å²) in [6, 6.07) is 14.2.